The molecule has 2 aromatic heterocycles. The molecule has 0 radical (unpaired) electrons. The van der Waals surface area contributed by atoms with Crippen LogP contribution in [0.2, 0.25) is 0 Å². The highest BCUT2D eigenvalue weighted by Gasteiger charge is 2.18. The van der Waals surface area contributed by atoms with Crippen LogP contribution in [0.1, 0.15) is 29.0 Å². The van der Waals surface area contributed by atoms with Crippen LogP contribution >= 0.6 is 0 Å². The van der Waals surface area contributed by atoms with E-state index in [0.29, 0.717) is 13.0 Å². The lowest BCUT2D eigenvalue weighted by atomic mass is 9.88. The van der Waals surface area contributed by atoms with E-state index in [2.05, 4.69) is 39.7 Å². The van der Waals surface area contributed by atoms with Crippen LogP contribution < -0.4 is 5.32 Å². The van der Waals surface area contributed by atoms with Gasteiger partial charge in [0.25, 0.3) is 0 Å². The second kappa shape index (κ2) is 9.18. The number of nitrogens with zero attached hydrogens (tertiary/aromatic N) is 3. The zero-order valence-electron chi connectivity index (χ0n) is 16.9. The molecule has 1 N–H and O–H groups in total. The quantitative estimate of drug-likeness (QED) is 0.506. The van der Waals surface area contributed by atoms with E-state index in [4.69, 9.17) is 0 Å². The third-order valence-electron chi connectivity index (χ3n) is 5.14. The van der Waals surface area contributed by atoms with Crippen LogP contribution in [-0.4, -0.2) is 20.7 Å². The van der Waals surface area contributed by atoms with Crippen LogP contribution in [0.5, 0.6) is 0 Å². The number of aromatic nitrogens is 3. The molecular formula is C25H24N4O. The number of amides is 1. The van der Waals surface area contributed by atoms with Gasteiger partial charge in [0.1, 0.15) is 0 Å². The van der Waals surface area contributed by atoms with Crippen LogP contribution in [0.4, 0.5) is 0 Å². The predicted molar refractivity (Wildman–Crippen MR) is 118 cm³/mol. The molecule has 0 aliphatic rings. The van der Waals surface area contributed by atoms with Crippen molar-refractivity contribution in [1.82, 2.24) is 20.1 Å². The molecule has 0 aliphatic carbocycles. The van der Waals surface area contributed by atoms with Crippen molar-refractivity contribution in [3.8, 4) is 11.3 Å². The number of aryl methyl sites for hydroxylation is 1. The van der Waals surface area contributed by atoms with Crippen molar-refractivity contribution in [3.05, 3.63) is 108 Å². The van der Waals surface area contributed by atoms with E-state index in [0.717, 1.165) is 27.9 Å². The van der Waals surface area contributed by atoms with Gasteiger partial charge in [-0.05, 0) is 22.8 Å². The molecule has 0 unspecified atom stereocenters. The number of hydrogen-bond donors (Lipinski definition) is 1. The van der Waals surface area contributed by atoms with Crippen molar-refractivity contribution < 1.29 is 4.79 Å². The number of carbonyl (C=O) groups excluding carboxylic acids is 1. The molecule has 5 heteroatoms. The Labute approximate surface area is 176 Å². The van der Waals surface area contributed by atoms with Crippen LogP contribution in [0, 0.1) is 0 Å². The van der Waals surface area contributed by atoms with E-state index >= 15 is 0 Å². The lowest BCUT2D eigenvalue weighted by Gasteiger charge is -2.18. The topological polar surface area (TPSA) is 59.8 Å². The number of rotatable bonds is 7. The Kier molecular flexibility index (Phi) is 5.99. The summed E-state index contributed by atoms with van der Waals surface area (Å²) >= 11 is 0. The first-order valence-electron chi connectivity index (χ1n) is 10.00. The molecule has 2 aromatic carbocycles. The number of hydrogen-bond acceptors (Lipinski definition) is 3. The summed E-state index contributed by atoms with van der Waals surface area (Å²) in [4.78, 5) is 17.4. The standard InChI is InChI=1S/C25H24N4O/c1-29-18-22(17-28-29)25-21(13-8-14-26-25)16-27-24(30)15-23(19-9-4-2-5-10-19)20-11-6-3-7-12-20/h2-14,17-18,23H,15-16H2,1H3,(H,27,30). The van der Waals surface area contributed by atoms with Gasteiger partial charge in [0, 0.05) is 43.9 Å². The summed E-state index contributed by atoms with van der Waals surface area (Å²) in [6.45, 7) is 0.424. The molecule has 0 aliphatic heterocycles. The Balaban J connectivity index is 1.49. The van der Waals surface area contributed by atoms with E-state index in [-0.39, 0.29) is 11.8 Å². The molecule has 2 heterocycles. The molecule has 1 amide bonds. The smallest absolute Gasteiger partial charge is 0.221 e. The Morgan fingerprint density at radius 1 is 0.967 bits per heavy atom. The predicted octanol–water partition coefficient (Wildman–Crippen LogP) is 4.32. The van der Waals surface area contributed by atoms with Gasteiger partial charge in [-0.15, -0.1) is 0 Å². The van der Waals surface area contributed by atoms with E-state index in [1.807, 2.05) is 61.8 Å². The van der Waals surface area contributed by atoms with Crippen molar-refractivity contribution in [2.24, 2.45) is 7.05 Å². The van der Waals surface area contributed by atoms with Gasteiger partial charge >= 0.3 is 0 Å². The molecule has 4 aromatic rings. The molecular weight excluding hydrogens is 372 g/mol. The third-order valence-corrected chi connectivity index (χ3v) is 5.14. The summed E-state index contributed by atoms with van der Waals surface area (Å²) in [5.41, 5.74) is 5.02. The highest BCUT2D eigenvalue weighted by atomic mass is 16.1. The Hall–Kier alpha value is -3.73. The first-order chi connectivity index (χ1) is 14.7. The van der Waals surface area contributed by atoms with Crippen molar-refractivity contribution in [3.63, 3.8) is 0 Å². The molecule has 150 valence electrons. The van der Waals surface area contributed by atoms with E-state index in [1.165, 1.54) is 0 Å². The fourth-order valence-electron chi connectivity index (χ4n) is 3.63. The maximum absolute atomic E-state index is 12.9. The fraction of sp³-hybridized carbons (Fsp3) is 0.160. The zero-order chi connectivity index (χ0) is 20.8. The Morgan fingerprint density at radius 3 is 2.23 bits per heavy atom. The average Bonchev–Trinajstić information content (AvgIpc) is 3.23. The van der Waals surface area contributed by atoms with Crippen LogP contribution in [0.25, 0.3) is 11.3 Å². The van der Waals surface area contributed by atoms with Gasteiger partial charge < -0.3 is 5.32 Å². The monoisotopic (exact) mass is 396 g/mol. The molecule has 0 bridgehead atoms. The maximum Gasteiger partial charge on any atom is 0.221 e. The summed E-state index contributed by atoms with van der Waals surface area (Å²) in [7, 11) is 1.88. The van der Waals surface area contributed by atoms with Gasteiger partial charge in [0.15, 0.2) is 0 Å². The van der Waals surface area contributed by atoms with Crippen molar-refractivity contribution in [2.45, 2.75) is 18.9 Å². The summed E-state index contributed by atoms with van der Waals surface area (Å²) in [6.07, 6.45) is 5.86. The second-order valence-corrected chi connectivity index (χ2v) is 7.27. The van der Waals surface area contributed by atoms with Crippen molar-refractivity contribution >= 4 is 5.91 Å². The van der Waals surface area contributed by atoms with Crippen molar-refractivity contribution in [2.75, 3.05) is 0 Å². The minimum absolute atomic E-state index is 0.00805. The normalized spacial score (nSPS) is 10.9. The molecule has 0 fully saturated rings. The number of carbonyl (C=O) groups is 1. The van der Waals surface area contributed by atoms with Gasteiger partial charge in [-0.2, -0.15) is 5.10 Å². The Bertz CT molecular complexity index is 1070. The third kappa shape index (κ3) is 4.63. The van der Waals surface area contributed by atoms with Crippen LogP contribution in [0.15, 0.2) is 91.4 Å². The van der Waals surface area contributed by atoms with Gasteiger partial charge in [-0.1, -0.05) is 66.7 Å². The zero-order valence-corrected chi connectivity index (χ0v) is 16.9. The van der Waals surface area contributed by atoms with E-state index in [1.54, 1.807) is 17.1 Å². The maximum atomic E-state index is 12.9. The highest BCUT2D eigenvalue weighted by molar-refractivity contribution is 5.78. The van der Waals surface area contributed by atoms with Gasteiger partial charge in [0.2, 0.25) is 5.91 Å². The van der Waals surface area contributed by atoms with Crippen LogP contribution in [0.3, 0.4) is 0 Å². The fourth-order valence-corrected chi connectivity index (χ4v) is 3.63. The molecule has 4 rings (SSSR count). The Morgan fingerprint density at radius 2 is 1.63 bits per heavy atom. The average molecular weight is 396 g/mol. The molecule has 0 saturated heterocycles. The minimum atomic E-state index is 0.00805. The van der Waals surface area contributed by atoms with Gasteiger partial charge in [0.05, 0.1) is 11.9 Å². The molecule has 0 saturated carbocycles. The van der Waals surface area contributed by atoms with Crippen LogP contribution in [-0.2, 0) is 18.4 Å². The molecule has 30 heavy (non-hydrogen) atoms. The number of pyridine rings is 1. The highest BCUT2D eigenvalue weighted by Crippen LogP contribution is 2.28. The summed E-state index contributed by atoms with van der Waals surface area (Å²) in [5.74, 6) is 0.0211. The summed E-state index contributed by atoms with van der Waals surface area (Å²) < 4.78 is 1.75. The first kappa shape index (κ1) is 19.6. The van der Waals surface area contributed by atoms with Gasteiger partial charge in [-0.3, -0.25) is 14.5 Å². The number of benzene rings is 2. The second-order valence-electron chi connectivity index (χ2n) is 7.27. The lowest BCUT2D eigenvalue weighted by Crippen LogP contribution is -2.25. The van der Waals surface area contributed by atoms with Crippen molar-refractivity contribution in [1.29, 1.82) is 0 Å². The lowest BCUT2D eigenvalue weighted by molar-refractivity contribution is -0.121. The van der Waals surface area contributed by atoms with E-state index < -0.39 is 0 Å². The van der Waals surface area contributed by atoms with E-state index in [9.17, 15) is 4.79 Å². The summed E-state index contributed by atoms with van der Waals surface area (Å²) in [6, 6.07) is 24.2. The SMILES string of the molecule is Cn1cc(-c2ncccc2CNC(=O)CC(c2ccccc2)c2ccccc2)cn1. The first-order valence-corrected chi connectivity index (χ1v) is 10.00. The largest absolute Gasteiger partial charge is 0.352 e. The number of nitrogens with one attached hydrogen (secondary N) is 1. The minimum Gasteiger partial charge on any atom is -0.352 e. The summed E-state index contributed by atoms with van der Waals surface area (Å²) in [5, 5.41) is 7.30. The molecule has 5 nitrogen and oxygen atoms in total. The molecule has 0 spiro atoms. The molecule has 0 atom stereocenters. The van der Waals surface area contributed by atoms with Gasteiger partial charge in [-0.25, -0.2) is 0 Å².